The van der Waals surface area contributed by atoms with E-state index in [0.717, 1.165) is 38.4 Å². The zero-order valence-corrected chi connectivity index (χ0v) is 19.0. The van der Waals surface area contributed by atoms with Crippen LogP contribution in [0.15, 0.2) is 39.8 Å². The van der Waals surface area contributed by atoms with E-state index in [2.05, 4.69) is 95.6 Å². The second kappa shape index (κ2) is 10.1. The fourth-order valence-electron chi connectivity index (χ4n) is 3.66. The Bertz CT molecular complexity index is 803. The maximum absolute atomic E-state index is 5.37. The van der Waals surface area contributed by atoms with Crippen LogP contribution in [-0.4, -0.2) is 46.7 Å². The van der Waals surface area contributed by atoms with Crippen LogP contribution in [0.25, 0.3) is 0 Å². The maximum Gasteiger partial charge on any atom is 0.232 e. The fraction of sp³-hybridized carbons (Fsp3) is 0.609. The van der Waals surface area contributed by atoms with E-state index < -0.39 is 0 Å². The predicted octanol–water partition coefficient (Wildman–Crippen LogP) is 3.65. The minimum Gasteiger partial charge on any atom is -0.357 e. The average molecular weight is 413 g/mol. The lowest BCUT2D eigenvalue weighted by Gasteiger charge is -2.37. The summed E-state index contributed by atoms with van der Waals surface area (Å²) in [6.07, 6.45) is 2.19. The first-order valence-electron chi connectivity index (χ1n) is 11.0. The highest BCUT2D eigenvalue weighted by Crippen LogP contribution is 2.24. The normalized spacial score (nSPS) is 17.7. The van der Waals surface area contributed by atoms with Crippen molar-refractivity contribution in [2.45, 2.75) is 71.5 Å². The van der Waals surface area contributed by atoms with E-state index in [1.54, 1.807) is 0 Å². The van der Waals surface area contributed by atoms with Crippen molar-refractivity contribution in [2.75, 3.05) is 19.6 Å². The van der Waals surface area contributed by atoms with E-state index in [4.69, 9.17) is 4.52 Å². The van der Waals surface area contributed by atoms with Gasteiger partial charge >= 0.3 is 0 Å². The predicted molar refractivity (Wildman–Crippen MR) is 120 cm³/mol. The summed E-state index contributed by atoms with van der Waals surface area (Å²) in [4.78, 5) is 11.7. The van der Waals surface area contributed by atoms with E-state index in [9.17, 15) is 0 Å². The molecule has 0 amide bonds. The Balaban J connectivity index is 1.53. The van der Waals surface area contributed by atoms with Gasteiger partial charge in [0, 0.05) is 37.1 Å². The molecule has 3 rings (SSSR count). The molecule has 1 unspecified atom stereocenters. The second-order valence-corrected chi connectivity index (χ2v) is 9.00. The van der Waals surface area contributed by atoms with Crippen LogP contribution in [0.1, 0.15) is 70.8 Å². The standard InChI is InChI=1S/C23H36N6O/c1-6-24-22(25-16-20-27-21(30-28-20)23(3,4)5)26-19-12-14-29(15-13-19)17(2)18-10-8-7-9-11-18/h7-11,17,19H,6,12-16H2,1-5H3,(H2,24,25,26). The molecule has 0 radical (unpaired) electrons. The zero-order valence-electron chi connectivity index (χ0n) is 19.0. The van der Waals surface area contributed by atoms with Crippen molar-refractivity contribution in [2.24, 2.45) is 4.99 Å². The largest absolute Gasteiger partial charge is 0.357 e. The Hall–Kier alpha value is -2.41. The van der Waals surface area contributed by atoms with Crippen molar-refractivity contribution < 1.29 is 4.52 Å². The van der Waals surface area contributed by atoms with Crippen molar-refractivity contribution in [1.29, 1.82) is 0 Å². The number of nitrogens with zero attached hydrogens (tertiary/aromatic N) is 4. The summed E-state index contributed by atoms with van der Waals surface area (Å²) in [5, 5.41) is 11.0. The van der Waals surface area contributed by atoms with E-state index in [1.165, 1.54) is 5.56 Å². The van der Waals surface area contributed by atoms with Crippen LogP contribution in [0, 0.1) is 0 Å². The van der Waals surface area contributed by atoms with Crippen LogP contribution in [0.5, 0.6) is 0 Å². The van der Waals surface area contributed by atoms with Crippen LogP contribution >= 0.6 is 0 Å². The van der Waals surface area contributed by atoms with Gasteiger partial charge in [0.25, 0.3) is 0 Å². The van der Waals surface area contributed by atoms with Gasteiger partial charge in [-0.25, -0.2) is 4.99 Å². The SMILES string of the molecule is CCNC(=NCc1noc(C(C)(C)C)n1)NC1CCN(C(C)c2ccccc2)CC1. The molecule has 0 spiro atoms. The highest BCUT2D eigenvalue weighted by atomic mass is 16.5. The van der Waals surface area contributed by atoms with Crippen LogP contribution in [0.4, 0.5) is 0 Å². The number of piperidine rings is 1. The summed E-state index contributed by atoms with van der Waals surface area (Å²) in [7, 11) is 0. The van der Waals surface area contributed by atoms with Crippen molar-refractivity contribution in [3.05, 3.63) is 47.6 Å². The summed E-state index contributed by atoms with van der Waals surface area (Å²) < 4.78 is 5.37. The van der Waals surface area contributed by atoms with Crippen molar-refractivity contribution >= 4 is 5.96 Å². The van der Waals surface area contributed by atoms with Gasteiger partial charge in [-0.15, -0.1) is 0 Å². The second-order valence-electron chi connectivity index (χ2n) is 9.00. The highest BCUT2D eigenvalue weighted by Gasteiger charge is 2.24. The Morgan fingerprint density at radius 1 is 1.23 bits per heavy atom. The van der Waals surface area contributed by atoms with Gasteiger partial charge in [0.1, 0.15) is 6.54 Å². The van der Waals surface area contributed by atoms with Crippen LogP contribution in [-0.2, 0) is 12.0 Å². The molecule has 1 aromatic heterocycles. The summed E-state index contributed by atoms with van der Waals surface area (Å²) in [5.41, 5.74) is 1.23. The van der Waals surface area contributed by atoms with Crippen LogP contribution < -0.4 is 10.6 Å². The monoisotopic (exact) mass is 412 g/mol. The van der Waals surface area contributed by atoms with Crippen molar-refractivity contribution in [3.8, 4) is 0 Å². The average Bonchev–Trinajstić information content (AvgIpc) is 3.23. The number of rotatable bonds is 6. The summed E-state index contributed by atoms with van der Waals surface area (Å²) in [6.45, 7) is 13.9. The quantitative estimate of drug-likeness (QED) is 0.557. The molecule has 1 aliphatic rings. The molecule has 0 bridgehead atoms. The molecule has 1 saturated heterocycles. The number of hydrogen-bond donors (Lipinski definition) is 2. The lowest BCUT2D eigenvalue weighted by atomic mass is 9.97. The van der Waals surface area contributed by atoms with Gasteiger partial charge in [-0.1, -0.05) is 56.3 Å². The molecule has 2 heterocycles. The Labute approximate surface area is 180 Å². The maximum atomic E-state index is 5.37. The Kier molecular flexibility index (Phi) is 7.48. The topological polar surface area (TPSA) is 78.6 Å². The minimum atomic E-state index is -0.150. The van der Waals surface area contributed by atoms with Gasteiger partial charge in [0.05, 0.1) is 0 Å². The Morgan fingerprint density at radius 3 is 2.53 bits per heavy atom. The molecule has 0 saturated carbocycles. The smallest absolute Gasteiger partial charge is 0.232 e. The molecule has 1 aliphatic heterocycles. The number of guanidine groups is 1. The molecule has 164 valence electrons. The molecule has 7 heteroatoms. The van der Waals surface area contributed by atoms with Gasteiger partial charge in [0.2, 0.25) is 5.89 Å². The van der Waals surface area contributed by atoms with Crippen molar-refractivity contribution in [1.82, 2.24) is 25.7 Å². The molecular formula is C23H36N6O. The van der Waals surface area contributed by atoms with Crippen molar-refractivity contribution in [3.63, 3.8) is 0 Å². The molecule has 30 heavy (non-hydrogen) atoms. The highest BCUT2D eigenvalue weighted by molar-refractivity contribution is 5.80. The number of aromatic nitrogens is 2. The molecule has 1 atom stereocenters. The lowest BCUT2D eigenvalue weighted by Crippen LogP contribution is -2.49. The molecular weight excluding hydrogens is 376 g/mol. The molecule has 7 nitrogen and oxygen atoms in total. The first kappa shape index (κ1) is 22.3. The third-order valence-corrected chi connectivity index (χ3v) is 5.53. The number of likely N-dealkylation sites (tertiary alicyclic amines) is 1. The summed E-state index contributed by atoms with van der Waals surface area (Å²) in [6, 6.07) is 11.6. The minimum absolute atomic E-state index is 0.150. The van der Waals surface area contributed by atoms with Gasteiger partial charge in [-0.3, -0.25) is 4.90 Å². The first-order valence-corrected chi connectivity index (χ1v) is 11.0. The number of aliphatic imine (C=N–C) groups is 1. The molecule has 1 fully saturated rings. The summed E-state index contributed by atoms with van der Waals surface area (Å²) in [5.74, 6) is 2.07. The van der Waals surface area contributed by atoms with Gasteiger partial charge in [-0.05, 0) is 32.3 Å². The summed E-state index contributed by atoms with van der Waals surface area (Å²) >= 11 is 0. The van der Waals surface area contributed by atoms with E-state index in [0.29, 0.717) is 30.3 Å². The van der Waals surface area contributed by atoms with Gasteiger partial charge < -0.3 is 15.2 Å². The van der Waals surface area contributed by atoms with E-state index in [-0.39, 0.29) is 5.41 Å². The lowest BCUT2D eigenvalue weighted by molar-refractivity contribution is 0.158. The molecule has 2 N–H and O–H groups in total. The van der Waals surface area contributed by atoms with Gasteiger partial charge in [0.15, 0.2) is 11.8 Å². The third kappa shape index (κ3) is 6.05. The molecule has 1 aromatic carbocycles. The van der Waals surface area contributed by atoms with Crippen LogP contribution in [0.3, 0.4) is 0 Å². The first-order chi connectivity index (χ1) is 14.4. The van der Waals surface area contributed by atoms with Gasteiger partial charge in [-0.2, -0.15) is 4.98 Å². The number of benzene rings is 1. The van der Waals surface area contributed by atoms with E-state index in [1.807, 2.05) is 0 Å². The molecule has 2 aromatic rings. The third-order valence-electron chi connectivity index (χ3n) is 5.53. The number of nitrogens with one attached hydrogen (secondary N) is 2. The fourth-order valence-corrected chi connectivity index (χ4v) is 3.66. The molecule has 0 aliphatic carbocycles. The Morgan fingerprint density at radius 2 is 1.93 bits per heavy atom. The van der Waals surface area contributed by atoms with Crippen LogP contribution in [0.2, 0.25) is 0 Å². The van der Waals surface area contributed by atoms with E-state index >= 15 is 0 Å². The zero-order chi connectivity index (χ0) is 21.6. The number of hydrogen-bond acceptors (Lipinski definition) is 5.